The molecule has 0 saturated heterocycles. The molecule has 1 saturated carbocycles. The topological polar surface area (TPSA) is 112 Å². The van der Waals surface area contributed by atoms with Gasteiger partial charge in [-0.2, -0.15) is 4.31 Å². The van der Waals surface area contributed by atoms with Gasteiger partial charge in [0.25, 0.3) is 11.5 Å². The van der Waals surface area contributed by atoms with E-state index in [1.54, 1.807) is 28.6 Å². The maximum absolute atomic E-state index is 12.3. The second kappa shape index (κ2) is 8.83. The van der Waals surface area contributed by atoms with Gasteiger partial charge in [0.2, 0.25) is 10.0 Å². The van der Waals surface area contributed by atoms with Gasteiger partial charge in [-0.25, -0.2) is 13.4 Å². The molecule has 1 aliphatic carbocycles. The maximum atomic E-state index is 12.3. The first-order valence-electron chi connectivity index (χ1n) is 9.60. The summed E-state index contributed by atoms with van der Waals surface area (Å²) in [5.74, 6) is -0.526. The molecule has 0 spiro atoms. The minimum absolute atomic E-state index is 0.0454. The number of H-pyrrole nitrogens is 1. The summed E-state index contributed by atoms with van der Waals surface area (Å²) in [4.78, 5) is 31.0. The van der Waals surface area contributed by atoms with Gasteiger partial charge in [0.15, 0.2) is 5.82 Å². The minimum atomic E-state index is -3.29. The lowest BCUT2D eigenvalue weighted by Crippen LogP contribution is -2.42. The molecule has 2 N–H and O–H groups in total. The van der Waals surface area contributed by atoms with Crippen LogP contribution in [0.3, 0.4) is 0 Å². The molecule has 0 unspecified atom stereocenters. The van der Waals surface area contributed by atoms with Crippen molar-refractivity contribution in [3.8, 4) is 0 Å². The van der Waals surface area contributed by atoms with E-state index in [0.29, 0.717) is 30.4 Å². The number of aromatic nitrogens is 2. The third-order valence-electron chi connectivity index (χ3n) is 5.08. The van der Waals surface area contributed by atoms with Gasteiger partial charge in [-0.05, 0) is 31.4 Å². The van der Waals surface area contributed by atoms with Gasteiger partial charge in [-0.1, -0.05) is 31.4 Å². The van der Waals surface area contributed by atoms with Crippen LogP contribution in [-0.2, 0) is 10.0 Å². The standard InChI is InChI=1S/C19H26N4O4S/c1-28(26,27)23(14-8-3-2-4-9-14)13-7-12-20-19(25)17-21-16-11-6-5-10-15(16)18(24)22-17/h5-6,10-11,14H,2-4,7-9,12-13H2,1H3,(H,20,25)(H,21,22,24). The summed E-state index contributed by atoms with van der Waals surface area (Å²) >= 11 is 0. The van der Waals surface area contributed by atoms with Gasteiger partial charge in [-0.15, -0.1) is 0 Å². The SMILES string of the molecule is CS(=O)(=O)N(CCCNC(=O)c1nc2ccccc2c(=O)[nH]1)C1CCCCC1. The molecule has 1 fully saturated rings. The van der Waals surface area contributed by atoms with Crippen molar-refractivity contribution in [2.24, 2.45) is 0 Å². The highest BCUT2D eigenvalue weighted by Gasteiger charge is 2.27. The van der Waals surface area contributed by atoms with E-state index in [1.807, 2.05) is 0 Å². The van der Waals surface area contributed by atoms with Crippen LogP contribution in [-0.4, -0.2) is 54.0 Å². The molecule has 8 nitrogen and oxygen atoms in total. The molecule has 1 heterocycles. The first kappa shape index (κ1) is 20.5. The number of hydrogen-bond acceptors (Lipinski definition) is 5. The van der Waals surface area contributed by atoms with Crippen LogP contribution in [0.25, 0.3) is 10.9 Å². The van der Waals surface area contributed by atoms with Gasteiger partial charge in [0.1, 0.15) is 0 Å². The van der Waals surface area contributed by atoms with Gasteiger partial charge in [0, 0.05) is 19.1 Å². The number of carbonyl (C=O) groups is 1. The average Bonchev–Trinajstić information content (AvgIpc) is 2.67. The summed E-state index contributed by atoms with van der Waals surface area (Å²) in [5, 5.41) is 3.13. The Morgan fingerprint density at radius 2 is 1.96 bits per heavy atom. The molecule has 1 aromatic heterocycles. The zero-order chi connectivity index (χ0) is 20.1. The Bertz CT molecular complexity index is 996. The van der Waals surface area contributed by atoms with E-state index in [4.69, 9.17) is 0 Å². The fraction of sp³-hybridized carbons (Fsp3) is 0.526. The van der Waals surface area contributed by atoms with Crippen LogP contribution in [0.5, 0.6) is 0 Å². The van der Waals surface area contributed by atoms with Crippen molar-refractivity contribution in [2.75, 3.05) is 19.3 Å². The summed E-state index contributed by atoms with van der Waals surface area (Å²) in [5.41, 5.74) is 0.0910. The maximum Gasteiger partial charge on any atom is 0.287 e. The van der Waals surface area contributed by atoms with Crippen molar-refractivity contribution in [1.29, 1.82) is 0 Å². The molecule has 152 valence electrons. The first-order chi connectivity index (χ1) is 13.4. The summed E-state index contributed by atoms with van der Waals surface area (Å²) in [6, 6.07) is 6.86. The van der Waals surface area contributed by atoms with Crippen LogP contribution < -0.4 is 10.9 Å². The molecular formula is C19H26N4O4S. The molecule has 3 rings (SSSR count). The number of amides is 1. The van der Waals surface area contributed by atoms with Crippen LogP contribution in [0.15, 0.2) is 29.1 Å². The summed E-state index contributed by atoms with van der Waals surface area (Å²) < 4.78 is 25.8. The normalized spacial score (nSPS) is 15.8. The molecule has 28 heavy (non-hydrogen) atoms. The van der Waals surface area contributed by atoms with E-state index < -0.39 is 15.9 Å². The highest BCUT2D eigenvalue weighted by Crippen LogP contribution is 2.24. The Hall–Kier alpha value is -2.26. The predicted molar refractivity (Wildman–Crippen MR) is 108 cm³/mol. The molecule has 0 radical (unpaired) electrons. The number of benzene rings is 1. The Morgan fingerprint density at radius 3 is 2.68 bits per heavy atom. The number of aromatic amines is 1. The van der Waals surface area contributed by atoms with Crippen molar-refractivity contribution in [3.05, 3.63) is 40.4 Å². The van der Waals surface area contributed by atoms with Gasteiger partial charge in [-0.3, -0.25) is 9.59 Å². The zero-order valence-corrected chi connectivity index (χ0v) is 16.8. The van der Waals surface area contributed by atoms with Crippen molar-refractivity contribution in [1.82, 2.24) is 19.6 Å². The van der Waals surface area contributed by atoms with E-state index in [9.17, 15) is 18.0 Å². The number of rotatable bonds is 7. The monoisotopic (exact) mass is 406 g/mol. The number of hydrogen-bond donors (Lipinski definition) is 2. The van der Waals surface area contributed by atoms with E-state index in [2.05, 4.69) is 15.3 Å². The molecule has 1 aromatic carbocycles. The van der Waals surface area contributed by atoms with Crippen LogP contribution >= 0.6 is 0 Å². The predicted octanol–water partition coefficient (Wildman–Crippen LogP) is 1.64. The molecule has 2 aromatic rings. The zero-order valence-electron chi connectivity index (χ0n) is 16.0. The first-order valence-corrected chi connectivity index (χ1v) is 11.4. The van der Waals surface area contributed by atoms with Crippen molar-refractivity contribution < 1.29 is 13.2 Å². The third-order valence-corrected chi connectivity index (χ3v) is 6.41. The number of nitrogens with one attached hydrogen (secondary N) is 2. The van der Waals surface area contributed by atoms with Crippen LogP contribution in [0.2, 0.25) is 0 Å². The van der Waals surface area contributed by atoms with E-state index in [0.717, 1.165) is 32.1 Å². The lowest BCUT2D eigenvalue weighted by molar-refractivity contribution is 0.0942. The number of sulfonamides is 1. The Morgan fingerprint density at radius 1 is 1.25 bits per heavy atom. The van der Waals surface area contributed by atoms with E-state index in [1.165, 1.54) is 6.26 Å². The van der Waals surface area contributed by atoms with Crippen LogP contribution in [0.1, 0.15) is 49.1 Å². The van der Waals surface area contributed by atoms with Crippen molar-refractivity contribution in [3.63, 3.8) is 0 Å². The van der Waals surface area contributed by atoms with Gasteiger partial charge < -0.3 is 10.3 Å². The fourth-order valence-electron chi connectivity index (χ4n) is 3.70. The summed E-state index contributed by atoms with van der Waals surface area (Å²) in [6.07, 6.45) is 6.77. The fourth-order valence-corrected chi connectivity index (χ4v) is 4.92. The molecule has 1 amide bonds. The lowest BCUT2D eigenvalue weighted by Gasteiger charge is -2.32. The second-order valence-corrected chi connectivity index (χ2v) is 9.14. The highest BCUT2D eigenvalue weighted by atomic mass is 32.2. The third kappa shape index (κ3) is 4.96. The number of nitrogens with zero attached hydrogens (tertiary/aromatic N) is 2. The molecule has 0 atom stereocenters. The minimum Gasteiger partial charge on any atom is -0.349 e. The largest absolute Gasteiger partial charge is 0.349 e. The molecule has 1 aliphatic rings. The molecule has 0 aliphatic heterocycles. The lowest BCUT2D eigenvalue weighted by atomic mass is 9.95. The Labute approximate surface area is 164 Å². The Kier molecular flexibility index (Phi) is 6.46. The molecule has 9 heteroatoms. The smallest absolute Gasteiger partial charge is 0.287 e. The average molecular weight is 407 g/mol. The van der Waals surface area contributed by atoms with Crippen LogP contribution in [0.4, 0.5) is 0 Å². The highest BCUT2D eigenvalue weighted by molar-refractivity contribution is 7.88. The van der Waals surface area contributed by atoms with E-state index >= 15 is 0 Å². The van der Waals surface area contributed by atoms with Crippen molar-refractivity contribution >= 4 is 26.8 Å². The van der Waals surface area contributed by atoms with Gasteiger partial charge in [0.05, 0.1) is 17.2 Å². The Balaban J connectivity index is 1.58. The summed E-state index contributed by atoms with van der Waals surface area (Å²) in [7, 11) is -3.29. The number of carbonyl (C=O) groups excluding carboxylic acids is 1. The van der Waals surface area contributed by atoms with Gasteiger partial charge >= 0.3 is 0 Å². The number of fused-ring (bicyclic) bond motifs is 1. The molecule has 0 bridgehead atoms. The summed E-state index contributed by atoms with van der Waals surface area (Å²) in [6.45, 7) is 0.666. The molecular weight excluding hydrogens is 380 g/mol. The quantitative estimate of drug-likeness (QED) is 0.679. The van der Waals surface area contributed by atoms with Crippen molar-refractivity contribution in [2.45, 2.75) is 44.6 Å². The van der Waals surface area contributed by atoms with E-state index in [-0.39, 0.29) is 17.4 Å². The number of para-hydroxylation sites is 1. The van der Waals surface area contributed by atoms with Crippen LogP contribution in [0, 0.1) is 0 Å². The second-order valence-electron chi connectivity index (χ2n) is 7.21.